The normalized spacial score (nSPS) is 13.8. The maximum absolute atomic E-state index is 12.5. The molecule has 2 heterocycles. The molecule has 27 heavy (non-hydrogen) atoms. The minimum absolute atomic E-state index is 0.143. The minimum atomic E-state index is -1.86. The Morgan fingerprint density at radius 2 is 1.93 bits per heavy atom. The van der Waals surface area contributed by atoms with Gasteiger partial charge in [0.1, 0.15) is 5.03 Å². The van der Waals surface area contributed by atoms with Gasteiger partial charge in [0.15, 0.2) is 14.1 Å². The molecule has 0 aliphatic carbocycles. The van der Waals surface area contributed by atoms with Gasteiger partial charge in [-0.1, -0.05) is 38.6 Å². The summed E-state index contributed by atoms with van der Waals surface area (Å²) >= 11 is 1.50. The molecule has 0 atom stereocenters. The van der Waals surface area contributed by atoms with Crippen LogP contribution in [0.25, 0.3) is 0 Å². The predicted octanol–water partition coefficient (Wildman–Crippen LogP) is 5.37. The molecule has 6 nitrogen and oxygen atoms in total. The molecule has 0 N–H and O–H groups in total. The van der Waals surface area contributed by atoms with Gasteiger partial charge in [0.25, 0.3) is 0 Å². The Balaban J connectivity index is 1.93. The summed E-state index contributed by atoms with van der Waals surface area (Å²) < 4.78 is 11.3. The number of hydrogen-bond donors (Lipinski definition) is 0. The zero-order valence-electron chi connectivity index (χ0n) is 16.6. The Kier molecular flexibility index (Phi) is 5.33. The summed E-state index contributed by atoms with van der Waals surface area (Å²) in [4.78, 5) is 23.5. The topological polar surface area (TPSA) is 64.5 Å². The number of anilines is 2. The Hall–Kier alpha value is -1.90. The predicted molar refractivity (Wildman–Crippen MR) is 109 cm³/mol. The summed E-state index contributed by atoms with van der Waals surface area (Å²) in [6.07, 6.45) is 2.71. The molecule has 0 spiro atoms. The van der Waals surface area contributed by atoms with Gasteiger partial charge in [-0.15, -0.1) is 0 Å². The molecule has 2 aromatic rings. The molecule has 0 unspecified atom stereocenters. The molecule has 1 aliphatic heterocycles. The van der Waals surface area contributed by atoms with Crippen molar-refractivity contribution in [2.75, 3.05) is 12.0 Å². The first-order valence-corrected chi connectivity index (χ1v) is 12.5. The van der Waals surface area contributed by atoms with Crippen LogP contribution in [-0.4, -0.2) is 31.5 Å². The second kappa shape index (κ2) is 7.25. The van der Waals surface area contributed by atoms with Crippen LogP contribution in [0.3, 0.4) is 0 Å². The average Bonchev–Trinajstić information content (AvgIpc) is 2.62. The summed E-state index contributed by atoms with van der Waals surface area (Å²) in [6.45, 7) is 11.6. The van der Waals surface area contributed by atoms with Gasteiger partial charge >= 0.3 is 6.09 Å². The Morgan fingerprint density at radius 3 is 2.59 bits per heavy atom. The van der Waals surface area contributed by atoms with Crippen molar-refractivity contribution < 1.29 is 14.0 Å². The van der Waals surface area contributed by atoms with Gasteiger partial charge in [0.05, 0.1) is 19.4 Å². The molecule has 3 rings (SSSR count). The van der Waals surface area contributed by atoms with E-state index in [0.717, 1.165) is 16.1 Å². The lowest BCUT2D eigenvalue weighted by Gasteiger charge is -2.36. The number of benzene rings is 1. The van der Waals surface area contributed by atoms with Crippen molar-refractivity contribution in [3.05, 3.63) is 36.2 Å². The van der Waals surface area contributed by atoms with E-state index < -0.39 is 14.4 Å². The van der Waals surface area contributed by atoms with Crippen molar-refractivity contribution in [2.24, 2.45) is 0 Å². The maximum Gasteiger partial charge on any atom is 0.420 e. The lowest BCUT2D eigenvalue weighted by molar-refractivity contribution is 0.181. The third-order valence-electron chi connectivity index (χ3n) is 5.09. The smallest absolute Gasteiger partial charge is 0.420 e. The highest BCUT2D eigenvalue weighted by molar-refractivity contribution is 7.99. The third-order valence-corrected chi connectivity index (χ3v) is 10.6. The molecular formula is C19H25N3O3SSi. The van der Waals surface area contributed by atoms with Gasteiger partial charge in [-0.2, -0.15) is 0 Å². The molecule has 1 aromatic carbocycles. The average molecular weight is 404 g/mol. The fourth-order valence-corrected chi connectivity index (χ4v) is 4.34. The number of aromatic nitrogens is 2. The van der Waals surface area contributed by atoms with Gasteiger partial charge < -0.3 is 9.16 Å². The van der Waals surface area contributed by atoms with Crippen LogP contribution < -0.4 is 4.90 Å². The SMILES string of the molecule is COC(=O)N1c2cc(CO[Si](C)(C)C(C)(C)C)ccc2Sc2nccnc21. The minimum Gasteiger partial charge on any atom is -0.452 e. The van der Waals surface area contributed by atoms with E-state index in [1.807, 2.05) is 18.2 Å². The fraction of sp³-hybridized carbons (Fsp3) is 0.421. The summed E-state index contributed by atoms with van der Waals surface area (Å²) in [5.74, 6) is 0.490. The Labute approximate surface area is 165 Å². The number of fused-ring (bicyclic) bond motifs is 2. The van der Waals surface area contributed by atoms with E-state index in [1.165, 1.54) is 23.8 Å². The zero-order chi connectivity index (χ0) is 19.8. The van der Waals surface area contributed by atoms with Crippen LogP contribution >= 0.6 is 11.8 Å². The maximum atomic E-state index is 12.5. The first kappa shape index (κ1) is 19.8. The molecular weight excluding hydrogens is 378 g/mol. The van der Waals surface area contributed by atoms with Crippen LogP contribution in [0.1, 0.15) is 26.3 Å². The monoisotopic (exact) mass is 403 g/mol. The zero-order valence-corrected chi connectivity index (χ0v) is 18.4. The number of amides is 1. The highest BCUT2D eigenvalue weighted by Gasteiger charge is 2.37. The van der Waals surface area contributed by atoms with E-state index >= 15 is 0 Å². The number of nitrogens with zero attached hydrogens (tertiary/aromatic N) is 3. The molecule has 0 radical (unpaired) electrons. The molecule has 8 heteroatoms. The first-order valence-electron chi connectivity index (χ1n) is 8.78. The molecule has 1 aliphatic rings. The van der Waals surface area contributed by atoms with Crippen LogP contribution in [0.4, 0.5) is 16.3 Å². The van der Waals surface area contributed by atoms with Gasteiger partial charge in [-0.3, -0.25) is 0 Å². The second-order valence-electron chi connectivity index (χ2n) is 7.94. The van der Waals surface area contributed by atoms with Gasteiger partial charge in [-0.05, 0) is 35.8 Å². The van der Waals surface area contributed by atoms with E-state index in [2.05, 4.69) is 43.8 Å². The lowest BCUT2D eigenvalue weighted by Crippen LogP contribution is -2.40. The van der Waals surface area contributed by atoms with E-state index in [-0.39, 0.29) is 5.04 Å². The summed E-state index contributed by atoms with van der Waals surface area (Å²) in [6, 6.07) is 6.01. The summed E-state index contributed by atoms with van der Waals surface area (Å²) in [7, 11) is -0.494. The number of methoxy groups -OCH3 is 1. The van der Waals surface area contributed by atoms with Crippen LogP contribution in [-0.2, 0) is 15.8 Å². The third kappa shape index (κ3) is 3.88. The largest absolute Gasteiger partial charge is 0.452 e. The van der Waals surface area contributed by atoms with Crippen molar-refractivity contribution >= 4 is 37.7 Å². The number of carbonyl (C=O) groups is 1. The van der Waals surface area contributed by atoms with Crippen LogP contribution in [0.5, 0.6) is 0 Å². The highest BCUT2D eigenvalue weighted by Crippen LogP contribution is 2.46. The fourth-order valence-electron chi connectivity index (χ4n) is 2.43. The first-order chi connectivity index (χ1) is 12.6. The van der Waals surface area contributed by atoms with Crippen molar-refractivity contribution in [1.29, 1.82) is 0 Å². The molecule has 0 bridgehead atoms. The van der Waals surface area contributed by atoms with Gasteiger partial charge in [0.2, 0.25) is 0 Å². The lowest BCUT2D eigenvalue weighted by atomic mass is 10.2. The quantitative estimate of drug-likeness (QED) is 0.642. The van der Waals surface area contributed by atoms with E-state index in [4.69, 9.17) is 9.16 Å². The van der Waals surface area contributed by atoms with Crippen molar-refractivity contribution in [3.8, 4) is 0 Å². The van der Waals surface area contributed by atoms with Crippen molar-refractivity contribution in [1.82, 2.24) is 9.97 Å². The molecule has 144 valence electrons. The van der Waals surface area contributed by atoms with E-state index in [1.54, 1.807) is 12.4 Å². The Morgan fingerprint density at radius 1 is 1.22 bits per heavy atom. The standard InChI is InChI=1S/C19H25N3O3SSi/c1-19(2,3)27(5,6)25-12-13-7-8-15-14(11-13)22(18(23)24-4)16-17(26-15)21-10-9-20-16/h7-11H,12H2,1-6H3. The van der Waals surface area contributed by atoms with Crippen molar-refractivity contribution in [2.45, 2.75) is 55.4 Å². The molecule has 1 aromatic heterocycles. The molecule has 0 saturated carbocycles. The number of ether oxygens (including phenoxy) is 1. The Bertz CT molecular complexity index is 868. The number of hydrogen-bond acceptors (Lipinski definition) is 6. The number of rotatable bonds is 3. The molecule has 0 saturated heterocycles. The molecule has 1 amide bonds. The summed E-state index contributed by atoms with van der Waals surface area (Å²) in [5, 5.41) is 0.824. The summed E-state index contributed by atoms with van der Waals surface area (Å²) in [5.41, 5.74) is 1.76. The van der Waals surface area contributed by atoms with Gasteiger partial charge in [-0.25, -0.2) is 19.7 Å². The van der Waals surface area contributed by atoms with Gasteiger partial charge in [0, 0.05) is 17.3 Å². The highest BCUT2D eigenvalue weighted by atomic mass is 32.2. The van der Waals surface area contributed by atoms with E-state index in [9.17, 15) is 4.79 Å². The van der Waals surface area contributed by atoms with Crippen LogP contribution in [0.2, 0.25) is 18.1 Å². The van der Waals surface area contributed by atoms with Crippen LogP contribution in [0.15, 0.2) is 40.5 Å². The molecule has 0 fully saturated rings. The van der Waals surface area contributed by atoms with E-state index in [0.29, 0.717) is 17.5 Å². The van der Waals surface area contributed by atoms with Crippen molar-refractivity contribution in [3.63, 3.8) is 0 Å². The van der Waals surface area contributed by atoms with Crippen LogP contribution in [0, 0.1) is 0 Å². The second-order valence-corrected chi connectivity index (χ2v) is 13.8. The number of carbonyl (C=O) groups excluding carboxylic acids is 1.